The summed E-state index contributed by atoms with van der Waals surface area (Å²) in [6.45, 7) is 2.21. The monoisotopic (exact) mass is 400 g/mol. The van der Waals surface area contributed by atoms with E-state index in [-0.39, 0.29) is 12.2 Å². The van der Waals surface area contributed by atoms with Crippen LogP contribution >= 0.6 is 0 Å². The molecule has 8 heteroatoms. The second kappa shape index (κ2) is 7.02. The summed E-state index contributed by atoms with van der Waals surface area (Å²) < 4.78 is 40.2. The lowest BCUT2D eigenvalue weighted by molar-refractivity contribution is -0.146. The molecule has 150 valence electrons. The molecule has 1 atom stereocenters. The Morgan fingerprint density at radius 3 is 2.72 bits per heavy atom. The second-order valence-electron chi connectivity index (χ2n) is 7.26. The van der Waals surface area contributed by atoms with E-state index in [1.807, 2.05) is 25.1 Å². The van der Waals surface area contributed by atoms with E-state index in [0.29, 0.717) is 29.3 Å². The van der Waals surface area contributed by atoms with Crippen LogP contribution < -0.4 is 10.6 Å². The number of alkyl halides is 3. The molecule has 1 amide bonds. The van der Waals surface area contributed by atoms with Crippen molar-refractivity contribution in [2.75, 3.05) is 11.4 Å². The highest BCUT2D eigenvalue weighted by Gasteiger charge is 2.46. The molecule has 1 aliphatic heterocycles. The fourth-order valence-corrected chi connectivity index (χ4v) is 3.90. The minimum absolute atomic E-state index is 0.0543. The van der Waals surface area contributed by atoms with Gasteiger partial charge in [0.2, 0.25) is 5.91 Å². The molecule has 0 aliphatic carbocycles. The van der Waals surface area contributed by atoms with Crippen molar-refractivity contribution in [3.63, 3.8) is 0 Å². The van der Waals surface area contributed by atoms with Crippen LogP contribution in [0.25, 0.3) is 21.9 Å². The molecule has 2 heterocycles. The van der Waals surface area contributed by atoms with Crippen molar-refractivity contribution in [3.8, 4) is 11.1 Å². The van der Waals surface area contributed by atoms with Gasteiger partial charge in [-0.3, -0.25) is 4.79 Å². The number of primary amides is 1. The Kier molecular flexibility index (Phi) is 4.64. The normalized spacial score (nSPS) is 17.1. The third-order valence-electron chi connectivity index (χ3n) is 5.38. The Bertz CT molecular complexity index is 1100. The zero-order valence-electron chi connectivity index (χ0n) is 15.7. The first-order valence-electron chi connectivity index (χ1n) is 9.25. The summed E-state index contributed by atoms with van der Waals surface area (Å²) in [5, 5.41) is 9.27. The third-order valence-corrected chi connectivity index (χ3v) is 5.38. The first kappa shape index (κ1) is 19.2. The summed E-state index contributed by atoms with van der Waals surface area (Å²) >= 11 is 0. The summed E-state index contributed by atoms with van der Waals surface area (Å²) in [5.74, 6) is -0.274. The molecule has 2 aromatic carbocycles. The zero-order chi connectivity index (χ0) is 20.8. The average molecular weight is 400 g/mol. The molecule has 1 saturated heterocycles. The second-order valence-corrected chi connectivity index (χ2v) is 7.26. The highest BCUT2D eigenvalue weighted by Crippen LogP contribution is 2.38. The Hall–Kier alpha value is -3.16. The van der Waals surface area contributed by atoms with Crippen molar-refractivity contribution >= 4 is 22.5 Å². The largest absolute Gasteiger partial charge is 0.408 e. The molecular weight excluding hydrogens is 381 g/mol. The van der Waals surface area contributed by atoms with Crippen molar-refractivity contribution in [1.29, 1.82) is 0 Å². The lowest BCUT2D eigenvalue weighted by Crippen LogP contribution is -2.41. The number of aromatic nitrogens is 2. The predicted octanol–water partition coefficient (Wildman–Crippen LogP) is 4.24. The number of carbonyl (C=O) groups excluding carboxylic acids is 1. The van der Waals surface area contributed by atoms with E-state index in [2.05, 4.69) is 10.2 Å². The van der Waals surface area contributed by atoms with Gasteiger partial charge >= 0.3 is 6.18 Å². The molecular formula is C21H19F3N4O. The molecule has 0 radical (unpaired) electrons. The number of hydrogen-bond donors (Lipinski definition) is 1. The Balaban J connectivity index is 1.80. The summed E-state index contributed by atoms with van der Waals surface area (Å²) in [5.41, 5.74) is 8.38. The number of amides is 1. The molecule has 1 fully saturated rings. The van der Waals surface area contributed by atoms with Crippen molar-refractivity contribution in [2.45, 2.75) is 32.0 Å². The number of rotatable bonds is 3. The minimum atomic E-state index is -4.31. The molecule has 0 spiro atoms. The standard InChI is InChI=1S/C21H19F3N4O/c1-12-4-5-14(19(25)29)10-17(12)13-6-7-16-15(9-13)11-26-27-20(16)28-8-2-3-18(28)21(22,23)24/h4-7,9-11,18H,2-3,8H2,1H3,(H2,25,29). The van der Waals surface area contributed by atoms with Gasteiger partial charge in [-0.2, -0.15) is 18.3 Å². The SMILES string of the molecule is Cc1ccc(C(N)=O)cc1-c1ccc2c(N3CCCC3C(F)(F)F)nncc2c1. The van der Waals surface area contributed by atoms with E-state index in [9.17, 15) is 18.0 Å². The average Bonchev–Trinajstić information content (AvgIpc) is 3.17. The molecule has 2 N–H and O–H groups in total. The van der Waals surface area contributed by atoms with Crippen LogP contribution in [0.2, 0.25) is 0 Å². The third kappa shape index (κ3) is 3.50. The van der Waals surface area contributed by atoms with E-state index in [0.717, 1.165) is 16.7 Å². The van der Waals surface area contributed by atoms with Crippen LogP contribution in [0, 0.1) is 6.92 Å². The van der Waals surface area contributed by atoms with Gasteiger partial charge in [-0.15, -0.1) is 5.10 Å². The first-order valence-corrected chi connectivity index (χ1v) is 9.25. The molecule has 1 aromatic heterocycles. The van der Waals surface area contributed by atoms with Gasteiger partial charge in [0, 0.05) is 22.9 Å². The number of benzene rings is 2. The van der Waals surface area contributed by atoms with Crippen molar-refractivity contribution in [3.05, 3.63) is 53.7 Å². The van der Waals surface area contributed by atoms with Crippen LogP contribution in [0.3, 0.4) is 0 Å². The van der Waals surface area contributed by atoms with E-state index >= 15 is 0 Å². The maximum Gasteiger partial charge on any atom is 0.408 e. The number of carbonyl (C=O) groups is 1. The number of hydrogen-bond acceptors (Lipinski definition) is 4. The predicted molar refractivity (Wildman–Crippen MR) is 105 cm³/mol. The van der Waals surface area contributed by atoms with Crippen LogP contribution in [-0.2, 0) is 0 Å². The fraction of sp³-hybridized carbons (Fsp3) is 0.286. The van der Waals surface area contributed by atoms with Crippen molar-refractivity contribution < 1.29 is 18.0 Å². The van der Waals surface area contributed by atoms with Crippen LogP contribution in [-0.4, -0.2) is 34.9 Å². The quantitative estimate of drug-likeness (QED) is 0.714. The van der Waals surface area contributed by atoms with Crippen LogP contribution in [0.4, 0.5) is 19.0 Å². The molecule has 4 rings (SSSR count). The van der Waals surface area contributed by atoms with Gasteiger partial charge in [0.05, 0.1) is 6.20 Å². The Morgan fingerprint density at radius 2 is 2.00 bits per heavy atom. The van der Waals surface area contributed by atoms with Gasteiger partial charge in [-0.1, -0.05) is 12.1 Å². The van der Waals surface area contributed by atoms with Crippen molar-refractivity contribution in [2.24, 2.45) is 5.73 Å². The lowest BCUT2D eigenvalue weighted by atomic mass is 9.96. The highest BCUT2D eigenvalue weighted by atomic mass is 19.4. The van der Waals surface area contributed by atoms with Crippen LogP contribution in [0.5, 0.6) is 0 Å². The summed E-state index contributed by atoms with van der Waals surface area (Å²) in [6, 6.07) is 9.07. The smallest absolute Gasteiger partial charge is 0.366 e. The zero-order valence-corrected chi connectivity index (χ0v) is 15.7. The molecule has 1 aliphatic rings. The number of fused-ring (bicyclic) bond motifs is 1. The number of anilines is 1. The maximum atomic E-state index is 13.4. The number of nitrogens with two attached hydrogens (primary N) is 1. The molecule has 5 nitrogen and oxygen atoms in total. The maximum absolute atomic E-state index is 13.4. The molecule has 29 heavy (non-hydrogen) atoms. The summed E-state index contributed by atoms with van der Waals surface area (Å²) in [4.78, 5) is 12.8. The fourth-order valence-electron chi connectivity index (χ4n) is 3.90. The number of halogens is 3. The van der Waals surface area contributed by atoms with Gasteiger partial charge in [0.25, 0.3) is 0 Å². The van der Waals surface area contributed by atoms with Gasteiger partial charge in [-0.05, 0) is 60.7 Å². The molecule has 0 bridgehead atoms. The number of nitrogens with zero attached hydrogens (tertiary/aromatic N) is 3. The lowest BCUT2D eigenvalue weighted by Gasteiger charge is -2.28. The van der Waals surface area contributed by atoms with E-state index < -0.39 is 18.1 Å². The van der Waals surface area contributed by atoms with Gasteiger partial charge in [0.15, 0.2) is 5.82 Å². The Labute approximate surface area is 165 Å². The molecule has 3 aromatic rings. The minimum Gasteiger partial charge on any atom is -0.366 e. The van der Waals surface area contributed by atoms with Gasteiger partial charge < -0.3 is 10.6 Å². The topological polar surface area (TPSA) is 72.1 Å². The molecule has 0 saturated carbocycles. The van der Waals surface area contributed by atoms with Crippen molar-refractivity contribution in [1.82, 2.24) is 10.2 Å². The van der Waals surface area contributed by atoms with Gasteiger partial charge in [0.1, 0.15) is 6.04 Å². The van der Waals surface area contributed by atoms with Gasteiger partial charge in [-0.25, -0.2) is 0 Å². The number of aryl methyl sites for hydroxylation is 1. The van der Waals surface area contributed by atoms with E-state index in [1.54, 1.807) is 18.2 Å². The van der Waals surface area contributed by atoms with Crippen LogP contribution in [0.1, 0.15) is 28.8 Å². The highest BCUT2D eigenvalue weighted by molar-refractivity contribution is 5.97. The van der Waals surface area contributed by atoms with E-state index in [4.69, 9.17) is 5.73 Å². The first-order chi connectivity index (χ1) is 13.8. The summed E-state index contributed by atoms with van der Waals surface area (Å²) in [6.07, 6.45) is -2.26. The summed E-state index contributed by atoms with van der Waals surface area (Å²) in [7, 11) is 0. The van der Waals surface area contributed by atoms with E-state index in [1.165, 1.54) is 11.1 Å². The Morgan fingerprint density at radius 1 is 1.21 bits per heavy atom. The molecule has 1 unspecified atom stereocenters. The van der Waals surface area contributed by atoms with Crippen LogP contribution in [0.15, 0.2) is 42.6 Å².